The minimum atomic E-state index is -0.647. The van der Waals surface area contributed by atoms with Crippen LogP contribution in [0, 0.1) is 6.92 Å². The number of halogens is 1. The molecule has 0 spiro atoms. The predicted octanol–water partition coefficient (Wildman–Crippen LogP) is 3.06. The molecule has 1 heterocycles. The number of aliphatic hydroxyl groups excluding tert-OH is 1. The second-order valence-corrected chi connectivity index (χ2v) is 4.86. The first-order valence-electron chi connectivity index (χ1n) is 5.59. The molecule has 0 radical (unpaired) electrons. The number of aliphatic hydroxyl groups is 1. The second-order valence-electron chi connectivity index (χ2n) is 4.01. The van der Waals surface area contributed by atoms with E-state index in [4.69, 9.17) is 0 Å². The molecule has 0 fully saturated rings. The van der Waals surface area contributed by atoms with Gasteiger partial charge in [-0.25, -0.2) is 0 Å². The summed E-state index contributed by atoms with van der Waals surface area (Å²) in [7, 11) is 0. The monoisotopic (exact) mass is 294 g/mol. The van der Waals surface area contributed by atoms with Crippen LogP contribution in [-0.4, -0.2) is 14.9 Å². The highest BCUT2D eigenvalue weighted by Gasteiger charge is 2.18. The summed E-state index contributed by atoms with van der Waals surface area (Å²) in [6.45, 7) is 4.76. The molecule has 0 aliphatic rings. The average molecular weight is 295 g/mol. The van der Waals surface area contributed by atoms with Crippen LogP contribution in [0.25, 0.3) is 0 Å². The zero-order valence-corrected chi connectivity index (χ0v) is 11.5. The Bertz CT molecular complexity index is 522. The third kappa shape index (κ3) is 2.42. The van der Waals surface area contributed by atoms with E-state index in [0.29, 0.717) is 0 Å². The van der Waals surface area contributed by atoms with Crippen LogP contribution in [-0.2, 0) is 6.54 Å². The molecule has 4 heteroatoms. The zero-order chi connectivity index (χ0) is 12.4. The number of nitrogens with zero attached hydrogens (tertiary/aromatic N) is 2. The molecule has 0 saturated heterocycles. The van der Waals surface area contributed by atoms with Gasteiger partial charge in [0.1, 0.15) is 6.10 Å². The smallest absolute Gasteiger partial charge is 0.122 e. The largest absolute Gasteiger partial charge is 0.382 e. The lowest BCUT2D eigenvalue weighted by Crippen LogP contribution is -2.09. The first-order valence-corrected chi connectivity index (χ1v) is 6.38. The Hall–Kier alpha value is -1.13. The molecule has 0 saturated carbocycles. The Labute approximate surface area is 109 Å². The Morgan fingerprint density at radius 3 is 2.88 bits per heavy atom. The number of hydrogen-bond acceptors (Lipinski definition) is 2. The van der Waals surface area contributed by atoms with Crippen LogP contribution in [0.3, 0.4) is 0 Å². The average Bonchev–Trinajstić information content (AvgIpc) is 2.69. The lowest BCUT2D eigenvalue weighted by molar-refractivity contribution is 0.207. The minimum Gasteiger partial charge on any atom is -0.382 e. The quantitative estimate of drug-likeness (QED) is 0.945. The molecule has 0 aliphatic heterocycles. The lowest BCUT2D eigenvalue weighted by atomic mass is 10.0. The van der Waals surface area contributed by atoms with Crippen LogP contribution in [0.1, 0.15) is 29.8 Å². The van der Waals surface area contributed by atoms with Gasteiger partial charge in [-0.3, -0.25) is 4.68 Å². The number of hydrogen-bond donors (Lipinski definition) is 1. The molecule has 1 aromatic heterocycles. The van der Waals surface area contributed by atoms with Crippen molar-refractivity contribution >= 4 is 15.9 Å². The first kappa shape index (κ1) is 12.3. The fourth-order valence-corrected chi connectivity index (χ4v) is 2.41. The van der Waals surface area contributed by atoms with Crippen LogP contribution in [0.2, 0.25) is 0 Å². The standard InChI is InChI=1S/C13H15BrN2O/c1-3-16-12(11(14)8-15-16)13(17)10-6-4-5-9(2)7-10/h4-8,13,17H,3H2,1-2H3. The maximum Gasteiger partial charge on any atom is 0.122 e. The molecule has 1 N–H and O–H groups in total. The Morgan fingerprint density at radius 2 is 2.24 bits per heavy atom. The van der Waals surface area contributed by atoms with E-state index in [0.717, 1.165) is 27.8 Å². The summed E-state index contributed by atoms with van der Waals surface area (Å²) >= 11 is 3.43. The summed E-state index contributed by atoms with van der Waals surface area (Å²) in [4.78, 5) is 0. The molecule has 3 nitrogen and oxygen atoms in total. The van der Waals surface area contributed by atoms with E-state index in [9.17, 15) is 5.11 Å². The zero-order valence-electron chi connectivity index (χ0n) is 9.89. The number of aryl methyl sites for hydroxylation is 2. The highest BCUT2D eigenvalue weighted by Crippen LogP contribution is 2.28. The predicted molar refractivity (Wildman–Crippen MR) is 70.8 cm³/mol. The van der Waals surface area contributed by atoms with E-state index < -0.39 is 6.10 Å². The molecule has 1 atom stereocenters. The highest BCUT2D eigenvalue weighted by atomic mass is 79.9. The van der Waals surface area contributed by atoms with Gasteiger partial charge in [0, 0.05) is 6.54 Å². The van der Waals surface area contributed by atoms with Crippen molar-refractivity contribution < 1.29 is 5.11 Å². The maximum absolute atomic E-state index is 10.4. The Kier molecular flexibility index (Phi) is 3.64. The summed E-state index contributed by atoms with van der Waals surface area (Å²) < 4.78 is 2.64. The van der Waals surface area contributed by atoms with Crippen molar-refractivity contribution in [3.63, 3.8) is 0 Å². The van der Waals surface area contributed by atoms with Gasteiger partial charge in [0.15, 0.2) is 0 Å². The first-order chi connectivity index (χ1) is 8.13. The van der Waals surface area contributed by atoms with E-state index in [-0.39, 0.29) is 0 Å². The van der Waals surface area contributed by atoms with Crippen molar-refractivity contribution in [1.82, 2.24) is 9.78 Å². The van der Waals surface area contributed by atoms with Gasteiger partial charge in [-0.2, -0.15) is 5.10 Å². The Balaban J connectivity index is 2.43. The van der Waals surface area contributed by atoms with Gasteiger partial charge >= 0.3 is 0 Å². The lowest BCUT2D eigenvalue weighted by Gasteiger charge is -2.14. The van der Waals surface area contributed by atoms with Crippen molar-refractivity contribution in [3.8, 4) is 0 Å². The van der Waals surface area contributed by atoms with Crippen LogP contribution < -0.4 is 0 Å². The van der Waals surface area contributed by atoms with E-state index in [2.05, 4.69) is 21.0 Å². The molecular formula is C13H15BrN2O. The van der Waals surface area contributed by atoms with Gasteiger partial charge in [-0.1, -0.05) is 29.8 Å². The van der Waals surface area contributed by atoms with E-state index >= 15 is 0 Å². The molecule has 0 bridgehead atoms. The number of rotatable bonds is 3. The fourth-order valence-electron chi connectivity index (χ4n) is 1.89. The molecule has 0 amide bonds. The highest BCUT2D eigenvalue weighted by molar-refractivity contribution is 9.10. The Morgan fingerprint density at radius 1 is 1.47 bits per heavy atom. The van der Waals surface area contributed by atoms with E-state index in [1.54, 1.807) is 10.9 Å². The van der Waals surface area contributed by atoms with Crippen LogP contribution >= 0.6 is 15.9 Å². The molecular weight excluding hydrogens is 280 g/mol. The second kappa shape index (κ2) is 5.02. The van der Waals surface area contributed by atoms with Gasteiger partial charge in [0.25, 0.3) is 0 Å². The molecule has 1 unspecified atom stereocenters. The SMILES string of the molecule is CCn1ncc(Br)c1C(O)c1cccc(C)c1. The minimum absolute atomic E-state index is 0.647. The van der Waals surface area contributed by atoms with Gasteiger partial charge in [0.2, 0.25) is 0 Å². The van der Waals surface area contributed by atoms with Crippen molar-refractivity contribution in [3.05, 3.63) is 51.8 Å². The summed E-state index contributed by atoms with van der Waals surface area (Å²) in [5.74, 6) is 0. The maximum atomic E-state index is 10.4. The molecule has 90 valence electrons. The summed E-state index contributed by atoms with van der Waals surface area (Å²) in [6, 6.07) is 7.89. The van der Waals surface area contributed by atoms with Gasteiger partial charge in [0.05, 0.1) is 16.4 Å². The third-order valence-electron chi connectivity index (χ3n) is 2.75. The molecule has 2 aromatic rings. The van der Waals surface area contributed by atoms with Crippen LogP contribution in [0.4, 0.5) is 0 Å². The van der Waals surface area contributed by atoms with Crippen molar-refractivity contribution in [2.24, 2.45) is 0 Å². The normalized spacial score (nSPS) is 12.7. The van der Waals surface area contributed by atoms with Crippen LogP contribution in [0.5, 0.6) is 0 Å². The van der Waals surface area contributed by atoms with Crippen molar-refractivity contribution in [2.75, 3.05) is 0 Å². The van der Waals surface area contributed by atoms with Gasteiger partial charge in [-0.15, -0.1) is 0 Å². The number of aromatic nitrogens is 2. The topological polar surface area (TPSA) is 38.0 Å². The molecule has 0 aliphatic carbocycles. The van der Waals surface area contributed by atoms with Crippen molar-refractivity contribution in [1.29, 1.82) is 0 Å². The molecule has 2 rings (SSSR count). The summed E-state index contributed by atoms with van der Waals surface area (Å²) in [5, 5.41) is 14.6. The van der Waals surface area contributed by atoms with Gasteiger partial charge in [-0.05, 0) is 35.3 Å². The van der Waals surface area contributed by atoms with Gasteiger partial charge < -0.3 is 5.11 Å². The van der Waals surface area contributed by atoms with Crippen LogP contribution in [0.15, 0.2) is 34.9 Å². The summed E-state index contributed by atoms with van der Waals surface area (Å²) in [5.41, 5.74) is 2.83. The fraction of sp³-hybridized carbons (Fsp3) is 0.308. The molecule has 17 heavy (non-hydrogen) atoms. The number of benzene rings is 1. The van der Waals surface area contributed by atoms with E-state index in [1.807, 2.05) is 38.1 Å². The summed E-state index contributed by atoms with van der Waals surface area (Å²) in [6.07, 6.45) is 1.07. The van der Waals surface area contributed by atoms with Crippen molar-refractivity contribution in [2.45, 2.75) is 26.5 Å². The third-order valence-corrected chi connectivity index (χ3v) is 3.36. The molecule has 1 aromatic carbocycles. The van der Waals surface area contributed by atoms with E-state index in [1.165, 1.54) is 0 Å².